The van der Waals surface area contributed by atoms with Crippen molar-refractivity contribution in [3.05, 3.63) is 29.6 Å². The van der Waals surface area contributed by atoms with E-state index in [0.717, 1.165) is 7.11 Å². The molecule has 2 atom stereocenters. The van der Waals surface area contributed by atoms with Gasteiger partial charge in [-0.2, -0.15) is 0 Å². The summed E-state index contributed by atoms with van der Waals surface area (Å²) in [6.45, 7) is 0. The molecule has 86 valence electrons. The van der Waals surface area contributed by atoms with Gasteiger partial charge in [0, 0.05) is 11.8 Å². The van der Waals surface area contributed by atoms with Gasteiger partial charge < -0.3 is 14.9 Å². The maximum atomic E-state index is 10.9. The summed E-state index contributed by atoms with van der Waals surface area (Å²) in [5.41, 5.74) is 0.423. The molecule has 1 aromatic rings. The van der Waals surface area contributed by atoms with Crippen LogP contribution in [0.15, 0.2) is 18.3 Å². The van der Waals surface area contributed by atoms with Crippen LogP contribution in [0.1, 0.15) is 22.2 Å². The minimum Gasteiger partial charge on any atom is -0.467 e. The van der Waals surface area contributed by atoms with Crippen LogP contribution in [0.25, 0.3) is 0 Å². The van der Waals surface area contributed by atoms with E-state index in [9.17, 15) is 19.8 Å². The van der Waals surface area contributed by atoms with E-state index in [0.29, 0.717) is 6.29 Å². The molecule has 0 bridgehead atoms. The van der Waals surface area contributed by atoms with Crippen LogP contribution >= 0.6 is 0 Å². The lowest BCUT2D eigenvalue weighted by atomic mass is 10.1. The molecule has 0 saturated carbocycles. The minimum atomic E-state index is -1.67. The Bertz CT molecular complexity index is 375. The number of carbonyl (C=O) groups is 2. The monoisotopic (exact) mass is 225 g/mol. The number of hydrogen-bond donors (Lipinski definition) is 2. The largest absolute Gasteiger partial charge is 0.467 e. The summed E-state index contributed by atoms with van der Waals surface area (Å²) in [5, 5.41) is 18.9. The highest BCUT2D eigenvalue weighted by Gasteiger charge is 2.26. The molecular formula is C10H11NO5. The number of hydrogen-bond acceptors (Lipinski definition) is 6. The van der Waals surface area contributed by atoms with Crippen LogP contribution in [0.3, 0.4) is 0 Å². The molecule has 0 aliphatic rings. The second-order valence-electron chi connectivity index (χ2n) is 3.05. The number of aromatic nitrogens is 1. The number of methoxy groups -OCH3 is 1. The summed E-state index contributed by atoms with van der Waals surface area (Å²) in [6, 6.07) is 2.77. The first-order valence-corrected chi connectivity index (χ1v) is 4.45. The highest BCUT2D eigenvalue weighted by atomic mass is 16.5. The summed E-state index contributed by atoms with van der Waals surface area (Å²) in [7, 11) is 1.10. The van der Waals surface area contributed by atoms with Crippen LogP contribution < -0.4 is 0 Å². The van der Waals surface area contributed by atoms with Crippen molar-refractivity contribution in [3.63, 3.8) is 0 Å². The first-order valence-electron chi connectivity index (χ1n) is 4.45. The third-order valence-corrected chi connectivity index (χ3v) is 2.01. The molecule has 0 aliphatic heterocycles. The second-order valence-corrected chi connectivity index (χ2v) is 3.05. The standard InChI is InChI=1S/C10H11NO5/c1-16-10(15)9(14)8(13)6-2-3-7(5-12)11-4-6/h2-5,8-9,13-14H,1H3. The van der Waals surface area contributed by atoms with E-state index < -0.39 is 18.2 Å². The van der Waals surface area contributed by atoms with Gasteiger partial charge in [0.15, 0.2) is 12.4 Å². The molecular weight excluding hydrogens is 214 g/mol. The van der Waals surface area contributed by atoms with Crippen molar-refractivity contribution in [1.82, 2.24) is 4.98 Å². The lowest BCUT2D eigenvalue weighted by Crippen LogP contribution is -2.29. The maximum Gasteiger partial charge on any atom is 0.337 e. The van der Waals surface area contributed by atoms with Crippen LogP contribution in [0.4, 0.5) is 0 Å². The Kier molecular flexibility index (Phi) is 4.10. The molecule has 1 heterocycles. The highest BCUT2D eigenvalue weighted by Crippen LogP contribution is 2.16. The van der Waals surface area contributed by atoms with Gasteiger partial charge in [-0.3, -0.25) is 9.78 Å². The number of ether oxygens (including phenoxy) is 1. The Morgan fingerprint density at radius 1 is 1.50 bits per heavy atom. The molecule has 0 fully saturated rings. The van der Waals surface area contributed by atoms with Crippen LogP contribution in [-0.4, -0.2) is 40.7 Å². The number of carbonyl (C=O) groups excluding carboxylic acids is 2. The predicted octanol–water partition coefficient (Wildman–Crippen LogP) is -0.539. The highest BCUT2D eigenvalue weighted by molar-refractivity contribution is 5.75. The van der Waals surface area contributed by atoms with Crippen LogP contribution in [0.2, 0.25) is 0 Å². The van der Waals surface area contributed by atoms with E-state index in [1.807, 2.05) is 0 Å². The fourth-order valence-electron chi connectivity index (χ4n) is 1.09. The smallest absolute Gasteiger partial charge is 0.337 e. The van der Waals surface area contributed by atoms with Gasteiger partial charge in [-0.05, 0) is 6.07 Å². The molecule has 16 heavy (non-hydrogen) atoms. The Balaban J connectivity index is 2.83. The first kappa shape index (κ1) is 12.3. The number of nitrogens with zero attached hydrogens (tertiary/aromatic N) is 1. The average Bonchev–Trinajstić information content (AvgIpc) is 2.36. The number of aliphatic hydroxyl groups is 2. The van der Waals surface area contributed by atoms with Crippen LogP contribution in [0.5, 0.6) is 0 Å². The molecule has 6 nitrogen and oxygen atoms in total. The molecule has 0 aliphatic carbocycles. The number of pyridine rings is 1. The molecule has 0 aromatic carbocycles. The average molecular weight is 225 g/mol. The molecule has 0 spiro atoms. The maximum absolute atomic E-state index is 10.9. The topological polar surface area (TPSA) is 96.7 Å². The summed E-state index contributed by atoms with van der Waals surface area (Å²) in [4.78, 5) is 25.0. The fourth-order valence-corrected chi connectivity index (χ4v) is 1.09. The van der Waals surface area contributed by atoms with E-state index >= 15 is 0 Å². The summed E-state index contributed by atoms with van der Waals surface area (Å²) < 4.78 is 4.27. The Morgan fingerprint density at radius 3 is 2.62 bits per heavy atom. The lowest BCUT2D eigenvalue weighted by molar-refractivity contribution is -0.156. The second kappa shape index (κ2) is 5.34. The predicted molar refractivity (Wildman–Crippen MR) is 52.6 cm³/mol. The summed E-state index contributed by atoms with van der Waals surface area (Å²) in [5.74, 6) is -0.938. The number of rotatable bonds is 4. The van der Waals surface area contributed by atoms with Gasteiger partial charge in [-0.15, -0.1) is 0 Å². The third kappa shape index (κ3) is 2.62. The summed E-state index contributed by atoms with van der Waals surface area (Å²) in [6.07, 6.45) is -1.34. The van der Waals surface area contributed by atoms with Crippen LogP contribution in [0, 0.1) is 0 Å². The molecule has 1 rings (SSSR count). The molecule has 2 N–H and O–H groups in total. The first-order chi connectivity index (χ1) is 7.60. The number of aldehydes is 1. The lowest BCUT2D eigenvalue weighted by Gasteiger charge is -2.15. The van der Waals surface area contributed by atoms with Crippen molar-refractivity contribution in [2.75, 3.05) is 7.11 Å². The Morgan fingerprint density at radius 2 is 2.19 bits per heavy atom. The van der Waals surface area contributed by atoms with Crippen molar-refractivity contribution in [3.8, 4) is 0 Å². The molecule has 0 saturated heterocycles. The van der Waals surface area contributed by atoms with Gasteiger partial charge in [0.25, 0.3) is 0 Å². The zero-order chi connectivity index (χ0) is 12.1. The summed E-state index contributed by atoms with van der Waals surface area (Å²) >= 11 is 0. The van der Waals surface area contributed by atoms with E-state index in [1.165, 1.54) is 18.3 Å². The van der Waals surface area contributed by atoms with E-state index in [-0.39, 0.29) is 11.3 Å². The van der Waals surface area contributed by atoms with Crippen molar-refractivity contribution < 1.29 is 24.5 Å². The third-order valence-electron chi connectivity index (χ3n) is 2.01. The molecule has 6 heteroatoms. The van der Waals surface area contributed by atoms with Crippen molar-refractivity contribution >= 4 is 12.3 Å². The SMILES string of the molecule is COC(=O)C(O)C(O)c1ccc(C=O)nc1. The fraction of sp³-hybridized carbons (Fsp3) is 0.300. The van der Waals surface area contributed by atoms with E-state index in [2.05, 4.69) is 9.72 Å². The number of esters is 1. The van der Waals surface area contributed by atoms with E-state index in [4.69, 9.17) is 0 Å². The van der Waals surface area contributed by atoms with Gasteiger partial charge in [-0.25, -0.2) is 4.79 Å². The Hall–Kier alpha value is -1.79. The van der Waals surface area contributed by atoms with Crippen molar-refractivity contribution in [2.24, 2.45) is 0 Å². The quantitative estimate of drug-likeness (QED) is 0.527. The number of aliphatic hydroxyl groups excluding tert-OH is 2. The van der Waals surface area contributed by atoms with Crippen molar-refractivity contribution in [1.29, 1.82) is 0 Å². The van der Waals surface area contributed by atoms with Gasteiger partial charge >= 0.3 is 5.97 Å². The molecule has 2 unspecified atom stereocenters. The van der Waals surface area contributed by atoms with Gasteiger partial charge in [0.05, 0.1) is 7.11 Å². The van der Waals surface area contributed by atoms with Gasteiger partial charge in [-0.1, -0.05) is 6.07 Å². The van der Waals surface area contributed by atoms with E-state index in [1.54, 1.807) is 0 Å². The normalized spacial score (nSPS) is 13.9. The van der Waals surface area contributed by atoms with Gasteiger partial charge in [0.2, 0.25) is 0 Å². The molecule has 0 amide bonds. The minimum absolute atomic E-state index is 0.198. The molecule has 0 radical (unpaired) electrons. The Labute approximate surface area is 91.5 Å². The zero-order valence-corrected chi connectivity index (χ0v) is 8.53. The molecule has 1 aromatic heterocycles. The van der Waals surface area contributed by atoms with Crippen molar-refractivity contribution in [2.45, 2.75) is 12.2 Å². The van der Waals surface area contributed by atoms with Crippen LogP contribution in [-0.2, 0) is 9.53 Å². The van der Waals surface area contributed by atoms with Gasteiger partial charge in [0.1, 0.15) is 11.8 Å². The zero-order valence-electron chi connectivity index (χ0n) is 8.53.